The number of aromatic nitrogens is 1. The van der Waals surface area contributed by atoms with Crippen LogP contribution in [-0.2, 0) is 0 Å². The van der Waals surface area contributed by atoms with Gasteiger partial charge in [0.25, 0.3) is 5.91 Å². The van der Waals surface area contributed by atoms with E-state index in [1.165, 1.54) is 12.8 Å². The van der Waals surface area contributed by atoms with Gasteiger partial charge in [0.2, 0.25) is 0 Å². The van der Waals surface area contributed by atoms with Crippen molar-refractivity contribution in [2.24, 2.45) is 0 Å². The number of hydrogen-bond donors (Lipinski definition) is 0. The fourth-order valence-electron chi connectivity index (χ4n) is 2.65. The van der Waals surface area contributed by atoms with Crippen molar-refractivity contribution >= 4 is 11.7 Å². The van der Waals surface area contributed by atoms with Gasteiger partial charge in [-0.25, -0.2) is 4.98 Å². The number of carbonyl (C=O) groups excluding carboxylic acids is 1. The van der Waals surface area contributed by atoms with Crippen LogP contribution in [0.5, 0.6) is 0 Å². The Kier molecular flexibility index (Phi) is 4.40. The molecule has 1 atom stereocenters. The van der Waals surface area contributed by atoms with Gasteiger partial charge in [-0.1, -0.05) is 0 Å². The summed E-state index contributed by atoms with van der Waals surface area (Å²) in [6.45, 7) is 8.76. The van der Waals surface area contributed by atoms with Crippen molar-refractivity contribution in [3.05, 3.63) is 23.9 Å². The summed E-state index contributed by atoms with van der Waals surface area (Å²) >= 11 is 0. The molecule has 1 aromatic heterocycles. The summed E-state index contributed by atoms with van der Waals surface area (Å²) in [5.41, 5.74) is 0.680. The molecular formula is C15H23N3O. The Bertz CT molecular complexity index is 426. The largest absolute Gasteiger partial charge is 0.354 e. The summed E-state index contributed by atoms with van der Waals surface area (Å²) in [6.07, 6.45) is 4.16. The van der Waals surface area contributed by atoms with Crippen LogP contribution in [0.25, 0.3) is 0 Å². The molecule has 0 saturated carbocycles. The third-order valence-corrected chi connectivity index (χ3v) is 3.89. The van der Waals surface area contributed by atoms with Gasteiger partial charge in [0.05, 0.1) is 5.56 Å². The van der Waals surface area contributed by atoms with E-state index in [0.29, 0.717) is 11.6 Å². The van der Waals surface area contributed by atoms with Crippen LogP contribution in [0.3, 0.4) is 0 Å². The fourth-order valence-corrected chi connectivity index (χ4v) is 2.65. The van der Waals surface area contributed by atoms with Gasteiger partial charge < -0.3 is 9.80 Å². The highest BCUT2D eigenvalue weighted by Crippen LogP contribution is 2.23. The first-order chi connectivity index (χ1) is 9.17. The molecule has 2 rings (SSSR count). The van der Waals surface area contributed by atoms with Crippen molar-refractivity contribution < 1.29 is 4.79 Å². The van der Waals surface area contributed by atoms with E-state index in [4.69, 9.17) is 0 Å². The van der Waals surface area contributed by atoms with Gasteiger partial charge in [0.1, 0.15) is 5.82 Å². The number of amides is 1. The smallest absolute Gasteiger partial charge is 0.255 e. The van der Waals surface area contributed by atoms with E-state index in [9.17, 15) is 4.79 Å². The Morgan fingerprint density at radius 3 is 2.63 bits per heavy atom. The van der Waals surface area contributed by atoms with Crippen molar-refractivity contribution in [3.63, 3.8) is 0 Å². The summed E-state index contributed by atoms with van der Waals surface area (Å²) in [7, 11) is 0. The van der Waals surface area contributed by atoms with Crippen LogP contribution in [-0.4, -0.2) is 41.5 Å². The lowest BCUT2D eigenvalue weighted by molar-refractivity contribution is 0.0772. The molecule has 1 unspecified atom stereocenters. The molecule has 1 saturated heterocycles. The molecule has 104 valence electrons. The molecule has 1 amide bonds. The molecule has 19 heavy (non-hydrogen) atoms. The fraction of sp³-hybridized carbons (Fsp3) is 0.600. The van der Waals surface area contributed by atoms with Gasteiger partial charge in [0, 0.05) is 31.9 Å². The zero-order valence-electron chi connectivity index (χ0n) is 12.1. The van der Waals surface area contributed by atoms with Crippen LogP contribution in [0.15, 0.2) is 18.3 Å². The molecule has 1 aliphatic rings. The number of hydrogen-bond acceptors (Lipinski definition) is 3. The van der Waals surface area contributed by atoms with Gasteiger partial charge in [0.15, 0.2) is 0 Å². The molecule has 0 aromatic carbocycles. The van der Waals surface area contributed by atoms with Crippen LogP contribution < -0.4 is 4.90 Å². The third-order valence-electron chi connectivity index (χ3n) is 3.89. The van der Waals surface area contributed by atoms with Crippen molar-refractivity contribution in [2.75, 3.05) is 24.5 Å². The van der Waals surface area contributed by atoms with E-state index in [2.05, 4.69) is 16.8 Å². The maximum absolute atomic E-state index is 12.2. The average Bonchev–Trinajstić information content (AvgIpc) is 2.86. The molecule has 4 nitrogen and oxygen atoms in total. The molecule has 1 aliphatic heterocycles. The highest BCUT2D eigenvalue weighted by atomic mass is 16.2. The second-order valence-corrected chi connectivity index (χ2v) is 5.07. The maximum atomic E-state index is 12.2. The van der Waals surface area contributed by atoms with Crippen LogP contribution in [0.4, 0.5) is 5.82 Å². The monoisotopic (exact) mass is 261 g/mol. The summed E-state index contributed by atoms with van der Waals surface area (Å²) in [5.74, 6) is 1.06. The van der Waals surface area contributed by atoms with E-state index < -0.39 is 0 Å². The minimum Gasteiger partial charge on any atom is -0.354 e. The van der Waals surface area contributed by atoms with Gasteiger partial charge in [-0.15, -0.1) is 0 Å². The normalized spacial score (nSPS) is 18.7. The van der Waals surface area contributed by atoms with Gasteiger partial charge in [-0.3, -0.25) is 4.79 Å². The highest BCUT2D eigenvalue weighted by Gasteiger charge is 2.21. The lowest BCUT2D eigenvalue weighted by atomic mass is 10.2. The zero-order chi connectivity index (χ0) is 13.8. The molecular weight excluding hydrogens is 238 g/mol. The van der Waals surface area contributed by atoms with E-state index in [1.807, 2.05) is 30.9 Å². The summed E-state index contributed by atoms with van der Waals surface area (Å²) in [6, 6.07) is 4.42. The number of anilines is 1. The quantitative estimate of drug-likeness (QED) is 0.835. The van der Waals surface area contributed by atoms with Crippen molar-refractivity contribution in [1.29, 1.82) is 0 Å². The molecule has 2 heterocycles. The number of pyridine rings is 1. The molecule has 4 heteroatoms. The third kappa shape index (κ3) is 2.88. The predicted molar refractivity (Wildman–Crippen MR) is 77.5 cm³/mol. The van der Waals surface area contributed by atoms with E-state index in [0.717, 1.165) is 25.5 Å². The van der Waals surface area contributed by atoms with E-state index in [-0.39, 0.29) is 5.91 Å². The minimum absolute atomic E-state index is 0.0681. The molecule has 1 fully saturated rings. The number of nitrogens with zero attached hydrogens (tertiary/aromatic N) is 3. The van der Waals surface area contributed by atoms with Crippen LogP contribution in [0.1, 0.15) is 44.0 Å². The molecule has 0 N–H and O–H groups in total. The molecule has 1 aromatic rings. The summed E-state index contributed by atoms with van der Waals surface area (Å²) in [4.78, 5) is 20.8. The lowest BCUT2D eigenvalue weighted by Gasteiger charge is -2.23. The maximum Gasteiger partial charge on any atom is 0.255 e. The topological polar surface area (TPSA) is 36.4 Å². The SMILES string of the molecule is CCN(CC)C(=O)c1ccc(N2CCCC2C)nc1. The molecule has 0 radical (unpaired) electrons. The zero-order valence-corrected chi connectivity index (χ0v) is 12.1. The Labute approximate surface area is 115 Å². The first-order valence-electron chi connectivity index (χ1n) is 7.19. The molecule has 0 bridgehead atoms. The van der Waals surface area contributed by atoms with Crippen molar-refractivity contribution in [2.45, 2.75) is 39.7 Å². The van der Waals surface area contributed by atoms with Gasteiger partial charge in [-0.2, -0.15) is 0 Å². The van der Waals surface area contributed by atoms with Crippen molar-refractivity contribution in [3.8, 4) is 0 Å². The van der Waals surface area contributed by atoms with Crippen LogP contribution in [0, 0.1) is 0 Å². The first kappa shape index (κ1) is 13.8. The lowest BCUT2D eigenvalue weighted by Crippen LogP contribution is -2.31. The second-order valence-electron chi connectivity index (χ2n) is 5.07. The molecule has 0 aliphatic carbocycles. The number of rotatable bonds is 4. The minimum atomic E-state index is 0.0681. The highest BCUT2D eigenvalue weighted by molar-refractivity contribution is 5.94. The molecule has 0 spiro atoms. The van der Waals surface area contributed by atoms with Crippen LogP contribution >= 0.6 is 0 Å². The number of carbonyl (C=O) groups is 1. The Balaban J connectivity index is 2.12. The summed E-state index contributed by atoms with van der Waals surface area (Å²) < 4.78 is 0. The predicted octanol–water partition coefficient (Wildman–Crippen LogP) is 2.55. The van der Waals surface area contributed by atoms with Crippen molar-refractivity contribution in [1.82, 2.24) is 9.88 Å². The summed E-state index contributed by atoms with van der Waals surface area (Å²) in [5, 5.41) is 0. The van der Waals surface area contributed by atoms with E-state index in [1.54, 1.807) is 6.20 Å². The Hall–Kier alpha value is -1.58. The Morgan fingerprint density at radius 2 is 2.16 bits per heavy atom. The first-order valence-corrected chi connectivity index (χ1v) is 7.19. The average molecular weight is 261 g/mol. The van der Waals surface area contributed by atoms with Gasteiger partial charge >= 0.3 is 0 Å². The van der Waals surface area contributed by atoms with E-state index >= 15 is 0 Å². The standard InChI is InChI=1S/C15H23N3O/c1-4-17(5-2)15(19)13-8-9-14(16-11-13)18-10-6-7-12(18)3/h8-9,11-12H,4-7,10H2,1-3H3. The van der Waals surface area contributed by atoms with Gasteiger partial charge in [-0.05, 0) is 45.7 Å². The van der Waals surface area contributed by atoms with Crippen LogP contribution in [0.2, 0.25) is 0 Å². The Morgan fingerprint density at radius 1 is 1.42 bits per heavy atom. The second kappa shape index (κ2) is 6.04.